The average molecular weight is 406 g/mol. The van der Waals surface area contributed by atoms with E-state index in [9.17, 15) is 0 Å². The third-order valence-corrected chi connectivity index (χ3v) is 4.18. The van der Waals surface area contributed by atoms with Crippen LogP contribution in [0.3, 0.4) is 0 Å². The van der Waals surface area contributed by atoms with E-state index in [0.717, 1.165) is 17.4 Å². The summed E-state index contributed by atoms with van der Waals surface area (Å²) >= 11 is 0. The minimum absolute atomic E-state index is 0.318. The molecule has 0 saturated carbocycles. The number of nitrogens with zero attached hydrogens (tertiary/aromatic N) is 7. The normalized spacial score (nSPS) is 11.1. The molecule has 4 aromatic rings. The molecule has 10 heteroatoms. The highest BCUT2D eigenvalue weighted by molar-refractivity contribution is 5.91. The van der Waals surface area contributed by atoms with Crippen LogP contribution in [0.1, 0.15) is 0 Å². The summed E-state index contributed by atoms with van der Waals surface area (Å²) in [6, 6.07) is 7.75. The second kappa shape index (κ2) is 8.70. The Labute approximate surface area is 173 Å². The molecule has 3 heterocycles. The van der Waals surface area contributed by atoms with Crippen LogP contribution in [0.5, 0.6) is 17.5 Å². The predicted octanol–water partition coefficient (Wildman–Crippen LogP) is 2.63. The van der Waals surface area contributed by atoms with Crippen LogP contribution in [0.4, 0.5) is 11.6 Å². The molecule has 0 amide bonds. The van der Waals surface area contributed by atoms with Gasteiger partial charge in [-0.25, -0.2) is 9.97 Å². The van der Waals surface area contributed by atoms with Gasteiger partial charge in [-0.3, -0.25) is 4.68 Å². The van der Waals surface area contributed by atoms with Gasteiger partial charge in [-0.15, -0.1) is 0 Å². The Morgan fingerprint density at radius 3 is 2.60 bits per heavy atom. The van der Waals surface area contributed by atoms with Gasteiger partial charge in [0.05, 0.1) is 17.9 Å². The first-order valence-electron chi connectivity index (χ1n) is 9.36. The monoisotopic (exact) mass is 406 g/mol. The summed E-state index contributed by atoms with van der Waals surface area (Å²) < 4.78 is 13.1. The predicted molar refractivity (Wildman–Crippen MR) is 112 cm³/mol. The summed E-state index contributed by atoms with van der Waals surface area (Å²) in [5.41, 5.74) is 0.789. The first kappa shape index (κ1) is 19.5. The van der Waals surface area contributed by atoms with Crippen molar-refractivity contribution in [1.82, 2.24) is 34.6 Å². The smallest absolute Gasteiger partial charge is 0.316 e. The Hall–Kier alpha value is -3.79. The van der Waals surface area contributed by atoms with Crippen LogP contribution in [-0.4, -0.2) is 61.9 Å². The van der Waals surface area contributed by atoms with Crippen LogP contribution in [0.25, 0.3) is 10.9 Å². The number of likely N-dealkylation sites (N-methyl/N-ethyl adjacent to an activating group) is 1. The van der Waals surface area contributed by atoms with Crippen LogP contribution in [0, 0.1) is 0 Å². The molecule has 30 heavy (non-hydrogen) atoms. The number of hydrogen-bond donors (Lipinski definition) is 1. The highest BCUT2D eigenvalue weighted by atomic mass is 16.5. The molecule has 0 aliphatic carbocycles. The summed E-state index contributed by atoms with van der Waals surface area (Å²) in [7, 11) is 5.82. The molecule has 0 spiro atoms. The maximum atomic E-state index is 5.90. The fourth-order valence-electron chi connectivity index (χ4n) is 2.69. The summed E-state index contributed by atoms with van der Waals surface area (Å²) in [6.45, 7) is 1.31. The number of benzene rings is 1. The SMILES string of the molecule is CN(C)CCOc1ncc(Oc2ccc3ncnc(Nc4ccn(C)n4)c3c2)cn1. The zero-order chi connectivity index (χ0) is 20.9. The quantitative estimate of drug-likeness (QED) is 0.473. The van der Waals surface area contributed by atoms with Gasteiger partial charge >= 0.3 is 6.01 Å². The van der Waals surface area contributed by atoms with Crippen molar-refractivity contribution >= 4 is 22.5 Å². The molecule has 1 N–H and O–H groups in total. The number of fused-ring (bicyclic) bond motifs is 1. The molecule has 0 aliphatic rings. The van der Waals surface area contributed by atoms with Gasteiger partial charge in [0.25, 0.3) is 0 Å². The third-order valence-electron chi connectivity index (χ3n) is 4.18. The molecular weight excluding hydrogens is 384 g/mol. The van der Waals surface area contributed by atoms with Crippen LogP contribution in [0.15, 0.2) is 49.2 Å². The summed E-state index contributed by atoms with van der Waals surface area (Å²) in [4.78, 5) is 19.0. The number of hydrogen-bond acceptors (Lipinski definition) is 9. The minimum atomic E-state index is 0.318. The lowest BCUT2D eigenvalue weighted by molar-refractivity contribution is 0.245. The zero-order valence-electron chi connectivity index (χ0n) is 17.0. The van der Waals surface area contributed by atoms with E-state index in [-0.39, 0.29) is 0 Å². The lowest BCUT2D eigenvalue weighted by Crippen LogP contribution is -2.19. The summed E-state index contributed by atoms with van der Waals surface area (Å²) in [5, 5.41) is 8.35. The molecule has 1 aromatic carbocycles. The second-order valence-electron chi connectivity index (χ2n) is 6.86. The van der Waals surface area contributed by atoms with Crippen molar-refractivity contribution in [1.29, 1.82) is 0 Å². The highest BCUT2D eigenvalue weighted by Gasteiger charge is 2.09. The standard InChI is InChI=1S/C20H22N8O2/c1-27(2)8-9-29-20-21-11-15(12-22-20)30-14-4-5-17-16(10-14)19(24-13-23-17)25-18-6-7-28(3)26-18/h4-7,10-13H,8-9H2,1-3H3,(H,23,24,25,26). The number of nitrogens with one attached hydrogen (secondary N) is 1. The molecule has 0 fully saturated rings. The Morgan fingerprint density at radius 1 is 1.03 bits per heavy atom. The zero-order valence-corrected chi connectivity index (χ0v) is 17.0. The molecule has 3 aromatic heterocycles. The number of aromatic nitrogens is 6. The van der Waals surface area contributed by atoms with E-state index in [0.29, 0.717) is 35.8 Å². The van der Waals surface area contributed by atoms with Crippen molar-refractivity contribution in [3.63, 3.8) is 0 Å². The minimum Gasteiger partial charge on any atom is -0.462 e. The van der Waals surface area contributed by atoms with E-state index in [1.54, 1.807) is 17.1 Å². The van der Waals surface area contributed by atoms with Gasteiger partial charge in [0.15, 0.2) is 11.6 Å². The Balaban J connectivity index is 1.50. The van der Waals surface area contributed by atoms with E-state index in [4.69, 9.17) is 9.47 Å². The molecule has 0 radical (unpaired) electrons. The average Bonchev–Trinajstić information content (AvgIpc) is 3.14. The molecule has 4 rings (SSSR count). The van der Waals surface area contributed by atoms with Crippen LogP contribution >= 0.6 is 0 Å². The van der Waals surface area contributed by atoms with Crippen LogP contribution in [0.2, 0.25) is 0 Å². The van der Waals surface area contributed by atoms with Gasteiger partial charge in [-0.2, -0.15) is 15.1 Å². The van der Waals surface area contributed by atoms with Crippen LogP contribution in [-0.2, 0) is 7.05 Å². The van der Waals surface area contributed by atoms with Gasteiger partial charge in [0.1, 0.15) is 24.5 Å². The van der Waals surface area contributed by atoms with Gasteiger partial charge < -0.3 is 19.7 Å². The molecule has 10 nitrogen and oxygen atoms in total. The van der Waals surface area contributed by atoms with Crippen molar-refractivity contribution in [2.45, 2.75) is 0 Å². The lowest BCUT2D eigenvalue weighted by atomic mass is 10.2. The molecule has 0 aliphatic heterocycles. The van der Waals surface area contributed by atoms with Gasteiger partial charge in [-0.1, -0.05) is 0 Å². The third kappa shape index (κ3) is 4.78. The van der Waals surface area contributed by atoms with E-state index >= 15 is 0 Å². The second-order valence-corrected chi connectivity index (χ2v) is 6.86. The molecule has 0 saturated heterocycles. The van der Waals surface area contributed by atoms with Gasteiger partial charge in [0.2, 0.25) is 0 Å². The van der Waals surface area contributed by atoms with Gasteiger partial charge in [0, 0.05) is 31.2 Å². The molecule has 0 unspecified atom stereocenters. The maximum absolute atomic E-state index is 5.90. The largest absolute Gasteiger partial charge is 0.462 e. The molecule has 0 bridgehead atoms. The molecular formula is C20H22N8O2. The van der Waals surface area contributed by atoms with E-state index in [2.05, 4.69) is 30.4 Å². The fourth-order valence-corrected chi connectivity index (χ4v) is 2.69. The van der Waals surface area contributed by atoms with E-state index in [1.807, 2.05) is 56.5 Å². The number of rotatable bonds is 8. The molecule has 0 atom stereocenters. The first-order chi connectivity index (χ1) is 14.6. The number of aryl methyl sites for hydroxylation is 1. The Morgan fingerprint density at radius 2 is 1.87 bits per heavy atom. The van der Waals surface area contributed by atoms with Crippen molar-refractivity contribution in [2.75, 3.05) is 32.6 Å². The molecule has 154 valence electrons. The maximum Gasteiger partial charge on any atom is 0.316 e. The lowest BCUT2D eigenvalue weighted by Gasteiger charge is -2.10. The summed E-state index contributed by atoms with van der Waals surface area (Å²) in [6.07, 6.45) is 6.53. The van der Waals surface area contributed by atoms with Gasteiger partial charge in [-0.05, 0) is 32.3 Å². The highest BCUT2D eigenvalue weighted by Crippen LogP contribution is 2.28. The summed E-state index contributed by atoms with van der Waals surface area (Å²) in [5.74, 6) is 2.46. The van der Waals surface area contributed by atoms with Crippen molar-refractivity contribution in [2.24, 2.45) is 7.05 Å². The van der Waals surface area contributed by atoms with E-state index in [1.165, 1.54) is 6.33 Å². The fraction of sp³-hybridized carbons (Fsp3) is 0.250. The van der Waals surface area contributed by atoms with Crippen molar-refractivity contribution < 1.29 is 9.47 Å². The number of anilines is 2. The van der Waals surface area contributed by atoms with Crippen molar-refractivity contribution in [3.05, 3.63) is 49.2 Å². The number of ether oxygens (including phenoxy) is 2. The Bertz CT molecular complexity index is 1130. The Kier molecular flexibility index (Phi) is 5.66. The first-order valence-corrected chi connectivity index (χ1v) is 9.36. The van der Waals surface area contributed by atoms with E-state index < -0.39 is 0 Å². The van der Waals surface area contributed by atoms with Crippen LogP contribution < -0.4 is 14.8 Å². The van der Waals surface area contributed by atoms with Crippen molar-refractivity contribution in [3.8, 4) is 17.5 Å². The topological polar surface area (TPSA) is 103 Å².